The number of hydrogen-bond donors (Lipinski definition) is 1. The van der Waals surface area contributed by atoms with Crippen LogP contribution in [-0.4, -0.2) is 30.5 Å². The lowest BCUT2D eigenvalue weighted by atomic mass is 9.91. The molecule has 140 valence electrons. The fourth-order valence-electron chi connectivity index (χ4n) is 3.68. The second kappa shape index (κ2) is 6.98. The minimum atomic E-state index is -0.132. The molecule has 1 aliphatic rings. The Hall–Kier alpha value is -2.96. The van der Waals surface area contributed by atoms with E-state index in [1.165, 1.54) is 5.56 Å². The van der Waals surface area contributed by atoms with E-state index < -0.39 is 0 Å². The van der Waals surface area contributed by atoms with Gasteiger partial charge in [0.2, 0.25) is 0 Å². The van der Waals surface area contributed by atoms with Crippen molar-refractivity contribution in [3.8, 4) is 0 Å². The van der Waals surface area contributed by atoms with E-state index in [0.29, 0.717) is 11.5 Å². The number of carbonyl (C=O) groups excluding carboxylic acids is 1. The van der Waals surface area contributed by atoms with E-state index in [1.807, 2.05) is 26.1 Å². The van der Waals surface area contributed by atoms with Crippen molar-refractivity contribution in [1.82, 2.24) is 24.5 Å². The monoisotopic (exact) mass is 364 g/mol. The van der Waals surface area contributed by atoms with Crippen molar-refractivity contribution in [1.29, 1.82) is 0 Å². The van der Waals surface area contributed by atoms with Crippen LogP contribution in [0.2, 0.25) is 0 Å². The third kappa shape index (κ3) is 3.25. The summed E-state index contributed by atoms with van der Waals surface area (Å²) in [4.78, 5) is 12.4. The summed E-state index contributed by atoms with van der Waals surface area (Å²) >= 11 is 0. The Kier molecular flexibility index (Phi) is 4.51. The highest BCUT2D eigenvalue weighted by Crippen LogP contribution is 2.29. The molecular weight excluding hydrogens is 340 g/mol. The van der Waals surface area contributed by atoms with Gasteiger partial charge in [0.25, 0.3) is 5.91 Å². The Morgan fingerprint density at radius 1 is 1.26 bits per heavy atom. The summed E-state index contributed by atoms with van der Waals surface area (Å²) in [7, 11) is 1.83. The Balaban J connectivity index is 1.46. The first-order chi connectivity index (χ1) is 13.1. The highest BCUT2D eigenvalue weighted by molar-refractivity contribution is 6.04. The fourth-order valence-corrected chi connectivity index (χ4v) is 3.68. The van der Waals surface area contributed by atoms with Gasteiger partial charge >= 0.3 is 0 Å². The number of hydrogen-bond acceptors (Lipinski definition) is 4. The number of fused-ring (bicyclic) bond motifs is 1. The first-order valence-corrected chi connectivity index (χ1v) is 9.37. The van der Waals surface area contributed by atoms with Crippen molar-refractivity contribution in [3.63, 3.8) is 0 Å². The molecule has 1 atom stereocenters. The van der Waals surface area contributed by atoms with E-state index in [0.717, 1.165) is 48.8 Å². The number of aromatic nitrogens is 5. The van der Waals surface area contributed by atoms with Gasteiger partial charge < -0.3 is 9.88 Å². The number of nitrogens with one attached hydrogen (secondary N) is 1. The van der Waals surface area contributed by atoms with Gasteiger partial charge in [-0.25, -0.2) is 0 Å². The quantitative estimate of drug-likeness (QED) is 0.772. The molecule has 7 nitrogen and oxygen atoms in total. The van der Waals surface area contributed by atoms with E-state index in [9.17, 15) is 4.79 Å². The predicted octanol–water partition coefficient (Wildman–Crippen LogP) is 2.86. The summed E-state index contributed by atoms with van der Waals surface area (Å²) in [5.74, 6) is 2.47. The standard InChI is InChI=1S/C20H24N6O/c1-4-18-23-24-19-10-7-15(12-26(18)19)14-5-8-16(9-6-14)22-20(27)17-11-21-25(3)13(17)2/h5-6,8-9,11,15H,4,7,10,12H2,1-3H3,(H,22,27). The summed E-state index contributed by atoms with van der Waals surface area (Å²) in [6, 6.07) is 8.16. The molecule has 0 fully saturated rings. The second-order valence-electron chi connectivity index (χ2n) is 7.08. The molecular formula is C20H24N6O. The molecule has 27 heavy (non-hydrogen) atoms. The van der Waals surface area contributed by atoms with E-state index in [1.54, 1.807) is 10.9 Å². The fraction of sp³-hybridized carbons (Fsp3) is 0.400. The van der Waals surface area contributed by atoms with Crippen LogP contribution in [-0.2, 0) is 26.4 Å². The van der Waals surface area contributed by atoms with E-state index >= 15 is 0 Å². The van der Waals surface area contributed by atoms with Crippen molar-refractivity contribution in [2.75, 3.05) is 5.32 Å². The first-order valence-electron chi connectivity index (χ1n) is 9.37. The average Bonchev–Trinajstić information content (AvgIpc) is 3.25. The minimum Gasteiger partial charge on any atom is -0.322 e. The van der Waals surface area contributed by atoms with Crippen LogP contribution < -0.4 is 5.32 Å². The van der Waals surface area contributed by atoms with Gasteiger partial charge in [-0.05, 0) is 31.0 Å². The van der Waals surface area contributed by atoms with Gasteiger partial charge in [0.15, 0.2) is 0 Å². The van der Waals surface area contributed by atoms with Crippen LogP contribution in [0.5, 0.6) is 0 Å². The van der Waals surface area contributed by atoms with Crippen LogP contribution in [0, 0.1) is 6.92 Å². The first kappa shape index (κ1) is 17.5. The van der Waals surface area contributed by atoms with Gasteiger partial charge in [0.05, 0.1) is 11.8 Å². The highest BCUT2D eigenvalue weighted by Gasteiger charge is 2.23. The lowest BCUT2D eigenvalue weighted by molar-refractivity contribution is 0.102. The van der Waals surface area contributed by atoms with E-state index in [-0.39, 0.29) is 5.91 Å². The molecule has 3 heterocycles. The zero-order valence-corrected chi connectivity index (χ0v) is 15.9. The summed E-state index contributed by atoms with van der Waals surface area (Å²) in [6.45, 7) is 4.92. The SMILES string of the molecule is CCc1nnc2n1CC(c1ccc(NC(=O)c3cnn(C)c3C)cc1)CC2. The molecule has 0 bridgehead atoms. The van der Waals surface area contributed by atoms with Crippen molar-refractivity contribution in [2.45, 2.75) is 45.6 Å². The number of nitrogens with zero attached hydrogens (tertiary/aromatic N) is 5. The normalized spacial score (nSPS) is 16.2. The largest absolute Gasteiger partial charge is 0.322 e. The molecule has 1 aromatic carbocycles. The lowest BCUT2D eigenvalue weighted by Crippen LogP contribution is -2.20. The maximum Gasteiger partial charge on any atom is 0.259 e. The molecule has 0 radical (unpaired) electrons. The van der Waals surface area contributed by atoms with Crippen LogP contribution in [0.3, 0.4) is 0 Å². The number of amides is 1. The number of benzene rings is 1. The van der Waals surface area contributed by atoms with Gasteiger partial charge in [-0.2, -0.15) is 5.10 Å². The van der Waals surface area contributed by atoms with Crippen LogP contribution >= 0.6 is 0 Å². The second-order valence-corrected chi connectivity index (χ2v) is 7.08. The molecule has 0 aliphatic carbocycles. The third-order valence-corrected chi connectivity index (χ3v) is 5.46. The topological polar surface area (TPSA) is 77.6 Å². The van der Waals surface area contributed by atoms with Gasteiger partial charge in [-0.1, -0.05) is 19.1 Å². The van der Waals surface area contributed by atoms with E-state index in [2.05, 4.69) is 44.2 Å². The van der Waals surface area contributed by atoms with E-state index in [4.69, 9.17) is 0 Å². The Bertz CT molecular complexity index is 956. The molecule has 0 saturated carbocycles. The Morgan fingerprint density at radius 2 is 2.04 bits per heavy atom. The molecule has 1 unspecified atom stereocenters. The van der Waals surface area contributed by atoms with Crippen molar-refractivity contribution in [2.24, 2.45) is 7.05 Å². The molecule has 4 rings (SSSR count). The van der Waals surface area contributed by atoms with Crippen molar-refractivity contribution in [3.05, 3.63) is 58.9 Å². The van der Waals surface area contributed by atoms with Crippen molar-refractivity contribution < 1.29 is 4.79 Å². The summed E-state index contributed by atoms with van der Waals surface area (Å²) in [5.41, 5.74) is 3.53. The lowest BCUT2D eigenvalue weighted by Gasteiger charge is -2.24. The maximum absolute atomic E-state index is 12.4. The Morgan fingerprint density at radius 3 is 2.70 bits per heavy atom. The summed E-state index contributed by atoms with van der Waals surface area (Å²) < 4.78 is 3.96. The molecule has 2 aromatic heterocycles. The minimum absolute atomic E-state index is 0.132. The molecule has 0 spiro atoms. The van der Waals surface area contributed by atoms with Gasteiger partial charge in [0.1, 0.15) is 11.6 Å². The average molecular weight is 364 g/mol. The predicted molar refractivity (Wildman–Crippen MR) is 103 cm³/mol. The molecule has 7 heteroatoms. The smallest absolute Gasteiger partial charge is 0.259 e. The zero-order valence-electron chi connectivity index (χ0n) is 15.9. The molecule has 3 aromatic rings. The summed E-state index contributed by atoms with van der Waals surface area (Å²) in [6.07, 6.45) is 4.53. The summed E-state index contributed by atoms with van der Waals surface area (Å²) in [5, 5.41) is 15.7. The van der Waals surface area contributed by atoms with Crippen LogP contribution in [0.25, 0.3) is 0 Å². The highest BCUT2D eigenvalue weighted by atomic mass is 16.1. The molecule has 0 saturated heterocycles. The van der Waals surface area contributed by atoms with Crippen LogP contribution in [0.1, 0.15) is 52.5 Å². The third-order valence-electron chi connectivity index (χ3n) is 5.46. The van der Waals surface area contributed by atoms with Gasteiger partial charge in [-0.3, -0.25) is 9.48 Å². The van der Waals surface area contributed by atoms with Gasteiger partial charge in [-0.15, -0.1) is 10.2 Å². The number of aryl methyl sites for hydroxylation is 3. The molecule has 1 N–H and O–H groups in total. The van der Waals surface area contributed by atoms with Gasteiger partial charge in [0, 0.05) is 43.7 Å². The zero-order chi connectivity index (χ0) is 19.0. The number of carbonyl (C=O) groups is 1. The van der Waals surface area contributed by atoms with Crippen molar-refractivity contribution >= 4 is 11.6 Å². The van der Waals surface area contributed by atoms with Crippen LogP contribution in [0.15, 0.2) is 30.5 Å². The number of anilines is 1. The van der Waals surface area contributed by atoms with Crippen LogP contribution in [0.4, 0.5) is 5.69 Å². The maximum atomic E-state index is 12.4. The number of rotatable bonds is 4. The Labute approximate surface area is 158 Å². The molecule has 1 amide bonds. The molecule has 1 aliphatic heterocycles.